The quantitative estimate of drug-likeness (QED) is 0.730. The van der Waals surface area contributed by atoms with Gasteiger partial charge in [0.15, 0.2) is 5.82 Å². The average Bonchev–Trinajstić information content (AvgIpc) is 2.86. The lowest BCUT2D eigenvalue weighted by molar-refractivity contribution is -0.141. The average molecular weight is 277 g/mol. The molecule has 2 rings (SSSR count). The summed E-state index contributed by atoms with van der Waals surface area (Å²) in [5.41, 5.74) is -1.06. The van der Waals surface area contributed by atoms with Gasteiger partial charge in [-0.25, -0.2) is 4.79 Å². The van der Waals surface area contributed by atoms with Crippen molar-refractivity contribution >= 4 is 17.8 Å². The Balaban J connectivity index is 2.00. The molecule has 104 valence electrons. The van der Waals surface area contributed by atoms with E-state index in [2.05, 4.69) is 15.7 Å². The molecular weight excluding hydrogens is 267 g/mol. The highest BCUT2D eigenvalue weighted by atomic mass is 19.4. The van der Waals surface area contributed by atoms with Crippen LogP contribution in [0.3, 0.4) is 0 Å². The molecule has 0 saturated carbocycles. The smallest absolute Gasteiger partial charge is 0.325 e. The third-order valence-electron chi connectivity index (χ3n) is 2.55. The number of hydrogen-bond acceptors (Lipinski definition) is 3. The molecule has 1 aliphatic rings. The lowest BCUT2D eigenvalue weighted by Gasteiger charge is -2.08. The van der Waals surface area contributed by atoms with Crippen LogP contribution in [0.5, 0.6) is 0 Å². The molecule has 0 radical (unpaired) electrons. The van der Waals surface area contributed by atoms with Gasteiger partial charge in [0.1, 0.15) is 11.7 Å². The number of alkyl halides is 3. The highest BCUT2D eigenvalue weighted by Crippen LogP contribution is 2.28. The molecule has 1 fully saturated rings. The normalized spacial score (nSPS) is 19.5. The molecule has 3 N–H and O–H groups in total. The first-order valence-corrected chi connectivity index (χ1v) is 5.22. The largest absolute Gasteiger partial charge is 0.432 e. The second kappa shape index (κ2) is 4.44. The molecule has 1 atom stereocenters. The summed E-state index contributed by atoms with van der Waals surface area (Å²) in [6, 6.07) is -0.556. The van der Waals surface area contributed by atoms with Crippen LogP contribution in [-0.2, 0) is 11.0 Å². The molecule has 0 bridgehead atoms. The molecule has 7 nitrogen and oxygen atoms in total. The first-order valence-electron chi connectivity index (χ1n) is 5.22. The number of urea groups is 1. The number of carbonyl (C=O) groups excluding carboxylic acids is 2. The van der Waals surface area contributed by atoms with Gasteiger partial charge in [-0.1, -0.05) is 0 Å². The van der Waals surface area contributed by atoms with Gasteiger partial charge < -0.3 is 15.5 Å². The van der Waals surface area contributed by atoms with Crippen molar-refractivity contribution in [2.75, 3.05) is 18.9 Å². The molecule has 1 aromatic rings. The van der Waals surface area contributed by atoms with Crippen molar-refractivity contribution in [2.45, 2.75) is 12.2 Å². The van der Waals surface area contributed by atoms with E-state index in [0.29, 0.717) is 6.07 Å². The van der Waals surface area contributed by atoms with Crippen molar-refractivity contribution in [1.29, 1.82) is 0 Å². The van der Waals surface area contributed by atoms with Gasteiger partial charge in [-0.2, -0.15) is 18.3 Å². The highest BCUT2D eigenvalue weighted by Gasteiger charge is 2.34. The molecular formula is C9H10F3N5O2. The molecule has 10 heteroatoms. The summed E-state index contributed by atoms with van der Waals surface area (Å²) in [4.78, 5) is 24.1. The van der Waals surface area contributed by atoms with Crippen molar-refractivity contribution in [3.63, 3.8) is 0 Å². The van der Waals surface area contributed by atoms with Gasteiger partial charge in [-0.05, 0) is 0 Å². The Labute approximate surface area is 105 Å². The van der Waals surface area contributed by atoms with Crippen LogP contribution in [0.1, 0.15) is 5.69 Å². The Morgan fingerprint density at radius 3 is 2.74 bits per heavy atom. The van der Waals surface area contributed by atoms with Crippen LogP contribution in [0, 0.1) is 0 Å². The van der Waals surface area contributed by atoms with Gasteiger partial charge in [-0.15, -0.1) is 0 Å². The predicted octanol–water partition coefficient (Wildman–Crippen LogP) is 0.391. The number of anilines is 1. The van der Waals surface area contributed by atoms with Gasteiger partial charge in [0, 0.05) is 13.1 Å². The van der Waals surface area contributed by atoms with Gasteiger partial charge in [0.05, 0.1) is 6.54 Å². The maximum absolute atomic E-state index is 12.3. The number of H-pyrrole nitrogens is 1. The molecule has 19 heavy (non-hydrogen) atoms. The number of rotatable bonds is 2. The molecule has 1 saturated heterocycles. The maximum Gasteiger partial charge on any atom is 0.432 e. The maximum atomic E-state index is 12.3. The lowest BCUT2D eigenvalue weighted by atomic mass is 10.3. The number of nitrogens with one attached hydrogen (secondary N) is 3. The van der Waals surface area contributed by atoms with Crippen molar-refractivity contribution < 1.29 is 22.8 Å². The monoisotopic (exact) mass is 277 g/mol. The number of aromatic nitrogens is 2. The highest BCUT2D eigenvalue weighted by molar-refractivity contribution is 5.98. The minimum Gasteiger partial charge on any atom is -0.325 e. The Morgan fingerprint density at radius 1 is 1.58 bits per heavy atom. The Kier molecular flexibility index (Phi) is 3.08. The van der Waals surface area contributed by atoms with Gasteiger partial charge in [0.25, 0.3) is 0 Å². The van der Waals surface area contributed by atoms with E-state index in [9.17, 15) is 22.8 Å². The van der Waals surface area contributed by atoms with E-state index >= 15 is 0 Å². The van der Waals surface area contributed by atoms with Gasteiger partial charge in [-0.3, -0.25) is 9.89 Å². The zero-order chi connectivity index (χ0) is 14.2. The lowest BCUT2D eigenvalue weighted by Crippen LogP contribution is -2.38. The molecule has 0 aliphatic carbocycles. The third kappa shape index (κ3) is 2.77. The van der Waals surface area contributed by atoms with E-state index in [1.165, 1.54) is 11.9 Å². The summed E-state index contributed by atoms with van der Waals surface area (Å²) < 4.78 is 36.9. The third-order valence-corrected chi connectivity index (χ3v) is 2.55. The second-order valence-electron chi connectivity index (χ2n) is 4.04. The fourth-order valence-electron chi connectivity index (χ4n) is 1.55. The Hall–Kier alpha value is -2.26. The van der Waals surface area contributed by atoms with E-state index < -0.39 is 29.9 Å². The number of amides is 3. The van der Waals surface area contributed by atoms with Crippen LogP contribution in [0.25, 0.3) is 0 Å². The summed E-state index contributed by atoms with van der Waals surface area (Å²) in [6.45, 7) is 0.140. The first-order chi connectivity index (χ1) is 8.77. The minimum atomic E-state index is -4.56. The van der Waals surface area contributed by atoms with Gasteiger partial charge in [0.2, 0.25) is 5.91 Å². The Bertz CT molecular complexity index is 512. The summed E-state index contributed by atoms with van der Waals surface area (Å²) in [5.74, 6) is -0.876. The van der Waals surface area contributed by atoms with Crippen LogP contribution < -0.4 is 10.6 Å². The number of carbonyl (C=O) groups is 2. The zero-order valence-corrected chi connectivity index (χ0v) is 9.71. The molecule has 2 heterocycles. The summed E-state index contributed by atoms with van der Waals surface area (Å²) in [6.07, 6.45) is -4.56. The van der Waals surface area contributed by atoms with Crippen molar-refractivity contribution in [3.8, 4) is 0 Å². The van der Waals surface area contributed by atoms with Crippen LogP contribution >= 0.6 is 0 Å². The van der Waals surface area contributed by atoms with Crippen molar-refractivity contribution in [3.05, 3.63) is 11.8 Å². The van der Waals surface area contributed by atoms with Crippen molar-refractivity contribution in [1.82, 2.24) is 20.4 Å². The van der Waals surface area contributed by atoms with Crippen LogP contribution in [0.4, 0.5) is 23.8 Å². The summed E-state index contributed by atoms with van der Waals surface area (Å²) >= 11 is 0. The number of likely N-dealkylation sites (N-methyl/N-ethyl adjacent to an activating group) is 1. The molecule has 3 amide bonds. The fourth-order valence-corrected chi connectivity index (χ4v) is 1.55. The molecule has 1 aliphatic heterocycles. The van der Waals surface area contributed by atoms with Crippen molar-refractivity contribution in [2.24, 2.45) is 0 Å². The van der Waals surface area contributed by atoms with E-state index in [4.69, 9.17) is 0 Å². The van der Waals surface area contributed by atoms with Gasteiger partial charge >= 0.3 is 12.2 Å². The molecule has 0 aromatic carbocycles. The number of aromatic amines is 1. The predicted molar refractivity (Wildman–Crippen MR) is 57.2 cm³/mol. The van der Waals surface area contributed by atoms with E-state index in [0.717, 1.165) is 0 Å². The Morgan fingerprint density at radius 2 is 2.26 bits per heavy atom. The molecule has 1 unspecified atom stereocenters. The van der Waals surface area contributed by atoms with Crippen LogP contribution in [0.15, 0.2) is 6.07 Å². The fraction of sp³-hybridized carbons (Fsp3) is 0.444. The first kappa shape index (κ1) is 13.2. The van der Waals surface area contributed by atoms with E-state index in [-0.39, 0.29) is 12.4 Å². The zero-order valence-electron chi connectivity index (χ0n) is 9.71. The van der Waals surface area contributed by atoms with E-state index in [1.807, 2.05) is 0 Å². The summed E-state index contributed by atoms with van der Waals surface area (Å²) in [5, 5.41) is 9.67. The summed E-state index contributed by atoms with van der Waals surface area (Å²) in [7, 11) is 1.50. The number of halogens is 3. The molecule has 0 spiro atoms. The topological polar surface area (TPSA) is 90.1 Å². The minimum absolute atomic E-state index is 0.140. The van der Waals surface area contributed by atoms with E-state index in [1.54, 1.807) is 5.10 Å². The molecule has 1 aromatic heterocycles. The number of nitrogens with zero attached hydrogens (tertiary/aromatic N) is 2. The van der Waals surface area contributed by atoms with Crippen LogP contribution in [-0.4, -0.2) is 46.7 Å². The second-order valence-corrected chi connectivity index (χ2v) is 4.04. The standard InChI is InChI=1S/C9H10F3N5O2/c1-17-3-4(13-8(17)19)7(18)14-6-2-5(15-16-6)9(10,11)12/h2,4H,3H2,1H3,(H,13,19)(H2,14,15,16,18). The number of hydrogen-bond donors (Lipinski definition) is 3. The SMILES string of the molecule is CN1CC(C(=O)Nc2cc(C(F)(F)F)[nH]n2)NC1=O. The van der Waals surface area contributed by atoms with Crippen LogP contribution in [0.2, 0.25) is 0 Å².